The summed E-state index contributed by atoms with van der Waals surface area (Å²) in [5.74, 6) is -4.48. The molecule has 0 atom stereocenters. The quantitative estimate of drug-likeness (QED) is 0.808. The number of halogens is 3. The lowest BCUT2D eigenvalue weighted by Crippen LogP contribution is -2.23. The average molecular weight is 378 g/mol. The topological polar surface area (TPSA) is 32.3 Å². The molecule has 0 unspecified atom stereocenters. The van der Waals surface area contributed by atoms with Crippen molar-refractivity contribution in [1.29, 1.82) is 0 Å². The van der Waals surface area contributed by atoms with Crippen LogP contribution in [0.15, 0.2) is 42.0 Å². The predicted molar refractivity (Wildman–Crippen MR) is 97.6 cm³/mol. The van der Waals surface area contributed by atoms with E-state index in [1.165, 1.54) is 11.3 Å². The Kier molecular flexibility index (Phi) is 5.18. The molecule has 0 saturated heterocycles. The van der Waals surface area contributed by atoms with Crippen molar-refractivity contribution in [2.45, 2.75) is 13.8 Å². The van der Waals surface area contributed by atoms with E-state index < -0.39 is 28.9 Å². The van der Waals surface area contributed by atoms with Gasteiger partial charge in [-0.05, 0) is 32.1 Å². The van der Waals surface area contributed by atoms with Crippen molar-refractivity contribution in [1.82, 2.24) is 4.90 Å². The number of thiophene rings is 1. The molecule has 0 aliphatic carbocycles. The first-order valence-electron chi connectivity index (χ1n) is 8.08. The highest BCUT2D eigenvalue weighted by atomic mass is 32.1. The van der Waals surface area contributed by atoms with E-state index in [-0.39, 0.29) is 0 Å². The zero-order valence-corrected chi connectivity index (χ0v) is 15.1. The van der Waals surface area contributed by atoms with Gasteiger partial charge in [0.25, 0.3) is 5.91 Å². The fourth-order valence-electron chi connectivity index (χ4n) is 2.72. The van der Waals surface area contributed by atoms with E-state index in [0.717, 1.165) is 29.2 Å². The zero-order chi connectivity index (χ0) is 18.8. The predicted octanol–water partition coefficient (Wildman–Crippen LogP) is 5.04. The van der Waals surface area contributed by atoms with E-state index >= 15 is 0 Å². The van der Waals surface area contributed by atoms with Crippen LogP contribution < -0.4 is 5.32 Å². The molecule has 3 rings (SSSR count). The zero-order valence-electron chi connectivity index (χ0n) is 14.3. The highest BCUT2D eigenvalue weighted by molar-refractivity contribution is 7.17. The molecular weight excluding hydrogens is 361 g/mol. The molecule has 0 fully saturated rings. The number of anilines is 1. The lowest BCUT2D eigenvalue weighted by atomic mass is 10.1. The fourth-order valence-corrected chi connectivity index (χ4v) is 3.67. The van der Waals surface area contributed by atoms with Gasteiger partial charge in [-0.3, -0.25) is 4.79 Å². The summed E-state index contributed by atoms with van der Waals surface area (Å²) in [6.07, 6.45) is 4.19. The Hall–Kier alpha value is -2.54. The molecule has 2 aromatic rings. The van der Waals surface area contributed by atoms with E-state index in [9.17, 15) is 18.0 Å². The number of nitrogens with zero attached hydrogens (tertiary/aromatic N) is 1. The maximum Gasteiger partial charge on any atom is 0.262 e. The minimum atomic E-state index is -1.23. The van der Waals surface area contributed by atoms with Crippen molar-refractivity contribution in [3.63, 3.8) is 0 Å². The Morgan fingerprint density at radius 3 is 2.58 bits per heavy atom. The molecule has 136 valence electrons. The molecule has 1 N–H and O–H groups in total. The van der Waals surface area contributed by atoms with Gasteiger partial charge in [0, 0.05) is 25.2 Å². The van der Waals surface area contributed by atoms with Gasteiger partial charge < -0.3 is 10.2 Å². The molecule has 0 bridgehead atoms. The molecule has 0 saturated carbocycles. The van der Waals surface area contributed by atoms with Gasteiger partial charge in [0.05, 0.1) is 15.6 Å². The van der Waals surface area contributed by atoms with Crippen LogP contribution >= 0.6 is 11.3 Å². The third kappa shape index (κ3) is 3.67. The normalized spacial score (nSPS) is 14.1. The van der Waals surface area contributed by atoms with Crippen molar-refractivity contribution < 1.29 is 18.0 Å². The molecule has 0 spiro atoms. The van der Waals surface area contributed by atoms with E-state index in [2.05, 4.69) is 29.3 Å². The molecule has 26 heavy (non-hydrogen) atoms. The van der Waals surface area contributed by atoms with E-state index in [1.54, 1.807) is 6.07 Å². The highest BCUT2D eigenvalue weighted by Crippen LogP contribution is 2.33. The highest BCUT2D eigenvalue weighted by Gasteiger charge is 2.21. The number of benzene rings is 1. The fraction of sp³-hybridized carbons (Fsp3) is 0.211. The van der Waals surface area contributed by atoms with Crippen molar-refractivity contribution in [3.8, 4) is 0 Å². The number of likely N-dealkylation sites (N-methyl/N-ethyl adjacent to an activating group) is 1. The van der Waals surface area contributed by atoms with Crippen LogP contribution in [0, 0.1) is 17.5 Å². The van der Waals surface area contributed by atoms with Crippen LogP contribution in [0.2, 0.25) is 0 Å². The SMILES string of the molecule is CCN1CC=C(C)C=C1c1ccc(NC(=O)c2c(F)cc(F)cc2F)s1. The van der Waals surface area contributed by atoms with E-state index in [4.69, 9.17) is 0 Å². The smallest absolute Gasteiger partial charge is 0.262 e. The number of hydrogen-bond acceptors (Lipinski definition) is 3. The monoisotopic (exact) mass is 378 g/mol. The first-order chi connectivity index (χ1) is 12.4. The average Bonchev–Trinajstić information content (AvgIpc) is 3.02. The molecule has 2 heterocycles. The second kappa shape index (κ2) is 7.37. The van der Waals surface area contributed by atoms with Crippen molar-refractivity contribution in [2.75, 3.05) is 18.4 Å². The second-order valence-electron chi connectivity index (χ2n) is 5.88. The lowest BCUT2D eigenvalue weighted by Gasteiger charge is -2.27. The summed E-state index contributed by atoms with van der Waals surface area (Å²) in [4.78, 5) is 15.3. The molecule has 1 amide bonds. The first kappa shape index (κ1) is 18.3. The number of amides is 1. The van der Waals surface area contributed by atoms with Gasteiger partial charge in [-0.2, -0.15) is 0 Å². The maximum atomic E-state index is 13.7. The summed E-state index contributed by atoms with van der Waals surface area (Å²) in [7, 11) is 0. The number of carbonyl (C=O) groups is 1. The standard InChI is InChI=1S/C19H17F3N2OS/c1-3-24-7-6-11(2)8-15(24)16-4-5-17(26-16)23-19(25)18-13(21)9-12(20)10-14(18)22/h4-6,8-10H,3,7H2,1-2H3,(H,23,25). The summed E-state index contributed by atoms with van der Waals surface area (Å²) in [6.45, 7) is 5.71. The van der Waals surface area contributed by atoms with Crippen LogP contribution in [-0.4, -0.2) is 23.9 Å². The Morgan fingerprint density at radius 2 is 1.92 bits per heavy atom. The number of rotatable bonds is 4. The Bertz CT molecular complexity index is 894. The molecular formula is C19H17F3N2OS. The molecule has 1 aliphatic heterocycles. The Morgan fingerprint density at radius 1 is 1.23 bits per heavy atom. The van der Waals surface area contributed by atoms with Gasteiger partial charge >= 0.3 is 0 Å². The lowest BCUT2D eigenvalue weighted by molar-refractivity contribution is 0.101. The largest absolute Gasteiger partial charge is 0.367 e. The summed E-state index contributed by atoms with van der Waals surface area (Å²) in [5.41, 5.74) is 1.39. The Balaban J connectivity index is 1.83. The number of hydrogen-bond donors (Lipinski definition) is 1. The number of allylic oxidation sites excluding steroid dienone is 2. The van der Waals surface area contributed by atoms with Gasteiger partial charge in [-0.1, -0.05) is 11.6 Å². The van der Waals surface area contributed by atoms with Crippen LogP contribution in [0.4, 0.5) is 18.2 Å². The summed E-state index contributed by atoms with van der Waals surface area (Å²) >= 11 is 1.31. The van der Waals surface area contributed by atoms with Crippen molar-refractivity contribution in [3.05, 3.63) is 69.9 Å². The molecule has 1 aromatic carbocycles. The number of nitrogens with one attached hydrogen (secondary N) is 1. The number of carbonyl (C=O) groups excluding carboxylic acids is 1. The molecule has 3 nitrogen and oxygen atoms in total. The second-order valence-corrected chi connectivity index (χ2v) is 6.96. The van der Waals surface area contributed by atoms with Crippen LogP contribution in [-0.2, 0) is 0 Å². The summed E-state index contributed by atoms with van der Waals surface area (Å²) in [6, 6.07) is 4.50. The molecule has 1 aromatic heterocycles. The third-order valence-corrected chi connectivity index (χ3v) is 5.07. The first-order valence-corrected chi connectivity index (χ1v) is 8.90. The summed E-state index contributed by atoms with van der Waals surface area (Å²) in [5, 5.41) is 2.94. The van der Waals surface area contributed by atoms with E-state index in [1.807, 2.05) is 13.0 Å². The van der Waals surface area contributed by atoms with Gasteiger partial charge in [-0.15, -0.1) is 11.3 Å². The maximum absolute atomic E-state index is 13.7. The molecule has 0 radical (unpaired) electrons. The molecule has 7 heteroatoms. The third-order valence-electron chi connectivity index (χ3n) is 4.05. The minimum absolute atomic E-state index is 0.456. The van der Waals surface area contributed by atoms with Crippen molar-refractivity contribution >= 4 is 27.9 Å². The van der Waals surface area contributed by atoms with Crippen LogP contribution in [0.5, 0.6) is 0 Å². The van der Waals surface area contributed by atoms with Crippen LogP contribution in [0.3, 0.4) is 0 Å². The van der Waals surface area contributed by atoms with Crippen molar-refractivity contribution in [2.24, 2.45) is 0 Å². The van der Waals surface area contributed by atoms with Crippen LogP contribution in [0.1, 0.15) is 29.1 Å². The van der Waals surface area contributed by atoms with Gasteiger partial charge in [0.15, 0.2) is 0 Å². The Labute approximate surface area is 153 Å². The van der Waals surface area contributed by atoms with Gasteiger partial charge in [0.2, 0.25) is 0 Å². The van der Waals surface area contributed by atoms with E-state index in [0.29, 0.717) is 17.1 Å². The minimum Gasteiger partial charge on any atom is -0.367 e. The molecule has 1 aliphatic rings. The van der Waals surface area contributed by atoms with Gasteiger partial charge in [-0.25, -0.2) is 13.2 Å². The van der Waals surface area contributed by atoms with Gasteiger partial charge in [0.1, 0.15) is 23.0 Å². The van der Waals surface area contributed by atoms with Crippen LogP contribution in [0.25, 0.3) is 5.70 Å². The summed E-state index contributed by atoms with van der Waals surface area (Å²) < 4.78 is 40.5.